The van der Waals surface area contributed by atoms with Crippen molar-refractivity contribution in [3.05, 3.63) is 23.8 Å². The predicted octanol–water partition coefficient (Wildman–Crippen LogP) is 4.15. The van der Waals surface area contributed by atoms with Gasteiger partial charge in [0.05, 0.1) is 6.07 Å². The van der Waals surface area contributed by atoms with Gasteiger partial charge >= 0.3 is 0 Å². The van der Waals surface area contributed by atoms with Gasteiger partial charge in [-0.2, -0.15) is 5.26 Å². The highest BCUT2D eigenvalue weighted by Crippen LogP contribution is 2.64. The Morgan fingerprint density at radius 2 is 2.04 bits per heavy atom. The van der Waals surface area contributed by atoms with Gasteiger partial charge in [-0.15, -0.1) is 0 Å². The normalized spacial score (nSPS) is 44.5. The van der Waals surface area contributed by atoms with Crippen molar-refractivity contribution in [1.82, 2.24) is 0 Å². The number of rotatable bonds is 1. The highest BCUT2D eigenvalue weighted by atomic mass is 16.1. The summed E-state index contributed by atoms with van der Waals surface area (Å²) in [5, 5.41) is 9.09. The van der Waals surface area contributed by atoms with Crippen molar-refractivity contribution in [3.8, 4) is 6.07 Å². The summed E-state index contributed by atoms with van der Waals surface area (Å²) in [6.45, 7) is 2.19. The summed E-state index contributed by atoms with van der Waals surface area (Å²) in [6, 6.07) is 2.16. The Morgan fingerprint density at radius 1 is 1.21 bits per heavy atom. The zero-order valence-corrected chi connectivity index (χ0v) is 14.4. The molecule has 0 aromatic rings. The number of hydrogen-bond donors (Lipinski definition) is 0. The fourth-order valence-electron chi connectivity index (χ4n) is 6.46. The molecule has 126 valence electrons. The van der Waals surface area contributed by atoms with E-state index in [9.17, 15) is 9.59 Å². The van der Waals surface area contributed by atoms with Crippen LogP contribution in [-0.4, -0.2) is 11.6 Å². The maximum Gasteiger partial charge on any atom is 0.139 e. The van der Waals surface area contributed by atoms with Crippen molar-refractivity contribution in [2.45, 2.75) is 58.3 Å². The van der Waals surface area contributed by atoms with Crippen LogP contribution in [0.5, 0.6) is 0 Å². The van der Waals surface area contributed by atoms with Crippen LogP contribution in [0.3, 0.4) is 0 Å². The number of Topliss-reactive ketones (excluding diaryl/α,β-unsaturated/α-hetero) is 2. The van der Waals surface area contributed by atoms with Crippen molar-refractivity contribution in [2.24, 2.45) is 28.6 Å². The Balaban J connectivity index is 1.76. The highest BCUT2D eigenvalue weighted by Gasteiger charge is 2.59. The Morgan fingerprint density at radius 3 is 2.83 bits per heavy atom. The molecule has 3 fully saturated rings. The number of hydrogen-bond acceptors (Lipinski definition) is 3. The molecule has 0 heterocycles. The van der Waals surface area contributed by atoms with Gasteiger partial charge in [-0.3, -0.25) is 9.59 Å². The summed E-state index contributed by atoms with van der Waals surface area (Å²) in [4.78, 5) is 24.5. The van der Waals surface area contributed by atoms with Crippen LogP contribution in [0.25, 0.3) is 0 Å². The monoisotopic (exact) mass is 323 g/mol. The quantitative estimate of drug-likeness (QED) is 0.538. The fraction of sp³-hybridized carbons (Fsp3) is 0.667. The van der Waals surface area contributed by atoms with E-state index in [2.05, 4.69) is 25.1 Å². The van der Waals surface area contributed by atoms with Crippen molar-refractivity contribution in [3.63, 3.8) is 0 Å². The molecule has 1 unspecified atom stereocenters. The second-order valence-electron chi connectivity index (χ2n) is 8.48. The van der Waals surface area contributed by atoms with Gasteiger partial charge < -0.3 is 0 Å². The highest BCUT2D eigenvalue weighted by molar-refractivity contribution is 5.87. The first-order valence-corrected chi connectivity index (χ1v) is 9.33. The summed E-state index contributed by atoms with van der Waals surface area (Å²) >= 11 is 0. The van der Waals surface area contributed by atoms with Gasteiger partial charge in [-0.1, -0.05) is 24.6 Å². The van der Waals surface area contributed by atoms with E-state index >= 15 is 0 Å². The minimum Gasteiger partial charge on any atom is -0.299 e. The smallest absolute Gasteiger partial charge is 0.139 e. The molecule has 0 saturated heterocycles. The van der Waals surface area contributed by atoms with Crippen LogP contribution < -0.4 is 0 Å². The number of nitriles is 1. The molecule has 0 aromatic carbocycles. The molecule has 0 radical (unpaired) electrons. The maximum absolute atomic E-state index is 12.5. The Hall–Kier alpha value is -1.69. The van der Waals surface area contributed by atoms with Gasteiger partial charge in [0, 0.05) is 36.2 Å². The van der Waals surface area contributed by atoms with Crippen LogP contribution in [-0.2, 0) is 9.59 Å². The van der Waals surface area contributed by atoms with Crippen LogP contribution in [0.1, 0.15) is 58.3 Å². The lowest BCUT2D eigenvalue weighted by Crippen LogP contribution is -2.50. The van der Waals surface area contributed by atoms with E-state index in [1.807, 2.05) is 0 Å². The summed E-state index contributed by atoms with van der Waals surface area (Å²) in [7, 11) is 0. The lowest BCUT2D eigenvalue weighted by atomic mass is 9.47. The lowest BCUT2D eigenvalue weighted by molar-refractivity contribution is -0.131. The summed E-state index contributed by atoms with van der Waals surface area (Å²) in [6.07, 6.45) is 12.8. The third-order valence-corrected chi connectivity index (χ3v) is 7.70. The lowest BCUT2D eigenvalue weighted by Gasteiger charge is -2.56. The van der Waals surface area contributed by atoms with Gasteiger partial charge in [0.15, 0.2) is 0 Å². The van der Waals surface area contributed by atoms with Gasteiger partial charge in [-0.05, 0) is 49.9 Å². The molecule has 0 spiro atoms. The number of ketones is 2. The van der Waals surface area contributed by atoms with E-state index in [1.54, 1.807) is 6.08 Å². The molecule has 4 rings (SSSR count). The van der Waals surface area contributed by atoms with Gasteiger partial charge in [-0.25, -0.2) is 0 Å². The second-order valence-corrected chi connectivity index (χ2v) is 8.48. The molecular weight excluding hydrogens is 298 g/mol. The molecule has 5 atom stereocenters. The predicted molar refractivity (Wildman–Crippen MR) is 90.8 cm³/mol. The van der Waals surface area contributed by atoms with Crippen molar-refractivity contribution < 1.29 is 9.59 Å². The van der Waals surface area contributed by atoms with E-state index in [0.29, 0.717) is 42.2 Å². The summed E-state index contributed by atoms with van der Waals surface area (Å²) in [5.41, 5.74) is 1.01. The molecule has 0 N–H and O–H groups in total. The molecule has 0 amide bonds. The van der Waals surface area contributed by atoms with Crippen molar-refractivity contribution in [1.29, 1.82) is 5.26 Å². The van der Waals surface area contributed by atoms with E-state index in [0.717, 1.165) is 38.5 Å². The van der Waals surface area contributed by atoms with Crippen molar-refractivity contribution >= 4 is 11.6 Å². The van der Waals surface area contributed by atoms with Crippen LogP contribution in [0, 0.1) is 39.9 Å². The molecule has 0 bridgehead atoms. The zero-order valence-electron chi connectivity index (χ0n) is 14.4. The largest absolute Gasteiger partial charge is 0.299 e. The molecular formula is C21H25NO2. The van der Waals surface area contributed by atoms with Gasteiger partial charge in [0.1, 0.15) is 11.6 Å². The topological polar surface area (TPSA) is 57.9 Å². The molecule has 3 saturated carbocycles. The third-order valence-electron chi connectivity index (χ3n) is 7.70. The molecule has 3 heteroatoms. The first-order chi connectivity index (χ1) is 11.5. The molecule has 0 aromatic heterocycles. The number of allylic oxidation sites excluding steroid dienone is 4. The maximum atomic E-state index is 12.5. The average molecular weight is 323 g/mol. The number of fused-ring (bicyclic) bond motifs is 5. The molecule has 4 aliphatic carbocycles. The average Bonchev–Trinajstić information content (AvgIpc) is 2.88. The van der Waals surface area contributed by atoms with E-state index < -0.39 is 0 Å². The fourth-order valence-corrected chi connectivity index (χ4v) is 6.46. The molecule has 4 aliphatic rings. The third kappa shape index (κ3) is 2.01. The first-order valence-electron chi connectivity index (χ1n) is 9.33. The Bertz CT molecular complexity index is 697. The van der Waals surface area contributed by atoms with Crippen LogP contribution in [0.4, 0.5) is 0 Å². The van der Waals surface area contributed by atoms with Crippen molar-refractivity contribution in [2.75, 3.05) is 0 Å². The molecule has 3 nitrogen and oxygen atoms in total. The van der Waals surface area contributed by atoms with Crippen LogP contribution >= 0.6 is 0 Å². The number of nitrogens with zero attached hydrogens (tertiary/aromatic N) is 1. The van der Waals surface area contributed by atoms with Gasteiger partial charge in [0.2, 0.25) is 0 Å². The molecule has 24 heavy (non-hydrogen) atoms. The molecule has 0 aliphatic heterocycles. The summed E-state index contributed by atoms with van der Waals surface area (Å²) < 4.78 is 0. The van der Waals surface area contributed by atoms with E-state index in [1.165, 1.54) is 5.57 Å². The minimum absolute atomic E-state index is 0.112. The number of carbonyl (C=O) groups excluding carboxylic acids is 2. The SMILES string of the molecule is C[C@]12CC[C@H]3[C@@H](CC=C4CC(=O)CCC43C=CC#N)[C@@H]1CCC2=O. The number of carbonyl (C=O) groups is 2. The Labute approximate surface area is 143 Å². The van der Waals surface area contributed by atoms with Crippen LogP contribution in [0.2, 0.25) is 0 Å². The van der Waals surface area contributed by atoms with Crippen LogP contribution in [0.15, 0.2) is 23.8 Å². The summed E-state index contributed by atoms with van der Waals surface area (Å²) in [5.74, 6) is 2.28. The Kier molecular flexibility index (Phi) is 3.56. The first kappa shape index (κ1) is 15.8. The van der Waals surface area contributed by atoms with E-state index in [4.69, 9.17) is 5.26 Å². The standard InChI is InChI=1S/C21H25NO2/c1-20-10-8-18-16(17(20)5-6-19(20)24)4-3-14-13-15(23)7-11-21(14,18)9-2-12-22/h2-3,9,16-18H,4-8,10-11,13H2,1H3/t16-,17-,18-,20-,21?/m0/s1. The minimum atomic E-state index is -0.128. The van der Waals surface area contributed by atoms with E-state index in [-0.39, 0.29) is 10.8 Å². The zero-order chi connectivity index (χ0) is 16.9. The van der Waals surface area contributed by atoms with Gasteiger partial charge in [0.25, 0.3) is 0 Å². The second kappa shape index (κ2) is 5.41.